The van der Waals surface area contributed by atoms with Gasteiger partial charge in [-0.2, -0.15) is 0 Å². The van der Waals surface area contributed by atoms with E-state index >= 15 is 0 Å². The molecule has 3 aromatic rings. The Kier molecular flexibility index (Phi) is 5.00. The van der Waals surface area contributed by atoms with Crippen LogP contribution in [0.4, 0.5) is 0 Å². The monoisotopic (exact) mass is 410 g/mol. The Bertz CT molecular complexity index is 1180. The molecule has 1 aromatic heterocycles. The average molecular weight is 410 g/mol. The first kappa shape index (κ1) is 19.4. The van der Waals surface area contributed by atoms with Gasteiger partial charge in [0, 0.05) is 36.9 Å². The minimum Gasteiger partial charge on any atom is -0.282 e. The number of aromatic nitrogens is 1. The summed E-state index contributed by atoms with van der Waals surface area (Å²) in [5.74, 6) is -0.379. The van der Waals surface area contributed by atoms with Crippen LogP contribution in [0.15, 0.2) is 59.5 Å². The molecule has 1 aliphatic rings. The molecule has 0 unspecified atom stereocenters. The fraction of sp³-hybridized carbons (Fsp3) is 0.273. The Morgan fingerprint density at radius 1 is 0.931 bits per heavy atom. The third-order valence-electron chi connectivity index (χ3n) is 5.27. The number of imide groups is 1. The topological polar surface area (TPSA) is 76.5 Å². The van der Waals surface area contributed by atoms with Crippen LogP contribution in [0, 0.1) is 6.92 Å². The first-order chi connectivity index (χ1) is 13.9. The highest BCUT2D eigenvalue weighted by molar-refractivity contribution is 7.90. The SMILES string of the molecule is Cc1ccc(S(=O)(=O)n2c(CCN3C(=O)CCCC3=O)cc3ccccc32)cc1. The summed E-state index contributed by atoms with van der Waals surface area (Å²) in [6.07, 6.45) is 1.57. The molecule has 6 nitrogen and oxygen atoms in total. The van der Waals surface area contributed by atoms with E-state index in [1.165, 1.54) is 8.87 Å². The Morgan fingerprint density at radius 3 is 2.28 bits per heavy atom. The molecule has 0 aliphatic carbocycles. The second-order valence-electron chi connectivity index (χ2n) is 7.32. The zero-order chi connectivity index (χ0) is 20.6. The molecule has 1 aliphatic heterocycles. The van der Waals surface area contributed by atoms with E-state index in [1.54, 1.807) is 36.4 Å². The van der Waals surface area contributed by atoms with Gasteiger partial charge in [0.2, 0.25) is 11.8 Å². The summed E-state index contributed by atoms with van der Waals surface area (Å²) >= 11 is 0. The standard InChI is InChI=1S/C22H22N2O4S/c1-16-9-11-19(12-10-16)29(27,28)24-18(15-17-5-2-3-6-20(17)24)13-14-23-21(25)7-4-8-22(23)26/h2-3,5-6,9-12,15H,4,7-8,13-14H2,1H3. The summed E-state index contributed by atoms with van der Waals surface area (Å²) in [5.41, 5.74) is 2.11. The van der Waals surface area contributed by atoms with Crippen molar-refractivity contribution in [1.82, 2.24) is 8.87 Å². The summed E-state index contributed by atoms with van der Waals surface area (Å²) in [6.45, 7) is 2.08. The molecule has 0 N–H and O–H groups in total. The quantitative estimate of drug-likeness (QED) is 0.605. The number of fused-ring (bicyclic) bond motifs is 1. The molecule has 2 aromatic carbocycles. The van der Waals surface area contributed by atoms with Crippen LogP contribution < -0.4 is 0 Å². The number of hydrogen-bond donors (Lipinski definition) is 0. The van der Waals surface area contributed by atoms with Crippen LogP contribution in [0.1, 0.15) is 30.5 Å². The van der Waals surface area contributed by atoms with Gasteiger partial charge in [-0.25, -0.2) is 12.4 Å². The number of benzene rings is 2. The van der Waals surface area contributed by atoms with Crippen molar-refractivity contribution in [2.75, 3.05) is 6.54 Å². The molecule has 2 amide bonds. The van der Waals surface area contributed by atoms with Crippen molar-refractivity contribution in [2.45, 2.75) is 37.5 Å². The minimum absolute atomic E-state index is 0.178. The van der Waals surface area contributed by atoms with Gasteiger partial charge >= 0.3 is 0 Å². The molecule has 4 rings (SSSR count). The summed E-state index contributed by atoms with van der Waals surface area (Å²) in [7, 11) is -3.82. The maximum absolute atomic E-state index is 13.4. The molecule has 0 bridgehead atoms. The maximum atomic E-state index is 13.4. The molecule has 0 radical (unpaired) electrons. The van der Waals surface area contributed by atoms with Crippen LogP contribution >= 0.6 is 0 Å². The van der Waals surface area contributed by atoms with Gasteiger partial charge < -0.3 is 0 Å². The molecule has 0 atom stereocenters. The third kappa shape index (κ3) is 3.58. The predicted molar refractivity (Wildman–Crippen MR) is 110 cm³/mol. The fourth-order valence-electron chi connectivity index (χ4n) is 3.74. The first-order valence-electron chi connectivity index (χ1n) is 9.63. The molecule has 1 fully saturated rings. The number of carbonyl (C=O) groups excluding carboxylic acids is 2. The predicted octanol–water partition coefficient (Wildman–Crippen LogP) is 3.27. The van der Waals surface area contributed by atoms with Crippen molar-refractivity contribution in [1.29, 1.82) is 0 Å². The van der Waals surface area contributed by atoms with Crippen LogP contribution in [0.2, 0.25) is 0 Å². The zero-order valence-electron chi connectivity index (χ0n) is 16.2. The lowest BCUT2D eigenvalue weighted by atomic mass is 10.1. The Hall–Kier alpha value is -2.93. The van der Waals surface area contributed by atoms with Crippen LogP contribution in [-0.4, -0.2) is 35.6 Å². The number of rotatable bonds is 5. The fourth-order valence-corrected chi connectivity index (χ4v) is 5.30. The normalized spacial score (nSPS) is 15.3. The van der Waals surface area contributed by atoms with Gasteiger partial charge in [0.05, 0.1) is 10.4 Å². The number of aryl methyl sites for hydroxylation is 1. The molecule has 29 heavy (non-hydrogen) atoms. The van der Waals surface area contributed by atoms with Gasteiger partial charge in [0.25, 0.3) is 10.0 Å². The number of amides is 2. The van der Waals surface area contributed by atoms with E-state index in [0.29, 0.717) is 30.5 Å². The van der Waals surface area contributed by atoms with Gasteiger partial charge in [-0.05, 0) is 37.6 Å². The van der Waals surface area contributed by atoms with E-state index in [4.69, 9.17) is 0 Å². The zero-order valence-corrected chi connectivity index (χ0v) is 17.0. The highest BCUT2D eigenvalue weighted by atomic mass is 32.2. The van der Waals surface area contributed by atoms with Crippen molar-refractivity contribution in [3.8, 4) is 0 Å². The Morgan fingerprint density at radius 2 is 1.59 bits per heavy atom. The number of likely N-dealkylation sites (tertiary alicyclic amines) is 1. The Labute approximate surface area is 169 Å². The van der Waals surface area contributed by atoms with Gasteiger partial charge in [0.1, 0.15) is 0 Å². The second-order valence-corrected chi connectivity index (χ2v) is 9.11. The summed E-state index contributed by atoms with van der Waals surface area (Å²) < 4.78 is 28.2. The van der Waals surface area contributed by atoms with E-state index < -0.39 is 10.0 Å². The van der Waals surface area contributed by atoms with Crippen molar-refractivity contribution < 1.29 is 18.0 Å². The molecule has 0 saturated carbocycles. The van der Waals surface area contributed by atoms with E-state index in [-0.39, 0.29) is 29.7 Å². The lowest BCUT2D eigenvalue weighted by molar-refractivity contribution is -0.147. The van der Waals surface area contributed by atoms with Crippen molar-refractivity contribution in [2.24, 2.45) is 0 Å². The van der Waals surface area contributed by atoms with Crippen molar-refractivity contribution >= 4 is 32.7 Å². The van der Waals surface area contributed by atoms with E-state index in [1.807, 2.05) is 25.1 Å². The number of carbonyl (C=O) groups is 2. The third-order valence-corrected chi connectivity index (χ3v) is 7.05. The molecule has 0 spiro atoms. The van der Waals surface area contributed by atoms with Crippen molar-refractivity contribution in [3.63, 3.8) is 0 Å². The van der Waals surface area contributed by atoms with E-state index in [9.17, 15) is 18.0 Å². The highest BCUT2D eigenvalue weighted by Crippen LogP contribution is 2.27. The lowest BCUT2D eigenvalue weighted by Crippen LogP contribution is -2.41. The smallest absolute Gasteiger partial charge is 0.268 e. The number of para-hydroxylation sites is 1. The average Bonchev–Trinajstić information content (AvgIpc) is 3.07. The van der Waals surface area contributed by atoms with Crippen LogP contribution in [0.5, 0.6) is 0 Å². The molecule has 7 heteroatoms. The largest absolute Gasteiger partial charge is 0.282 e. The summed E-state index contributed by atoms with van der Waals surface area (Å²) in [5, 5.41) is 0.800. The highest BCUT2D eigenvalue weighted by Gasteiger charge is 2.27. The summed E-state index contributed by atoms with van der Waals surface area (Å²) in [4.78, 5) is 25.7. The molecule has 1 saturated heterocycles. The molecular formula is C22H22N2O4S. The second kappa shape index (κ2) is 7.48. The molecule has 2 heterocycles. The van der Waals surface area contributed by atoms with Gasteiger partial charge in [-0.15, -0.1) is 0 Å². The van der Waals surface area contributed by atoms with Gasteiger partial charge in [-0.1, -0.05) is 35.9 Å². The number of nitrogens with zero attached hydrogens (tertiary/aromatic N) is 2. The van der Waals surface area contributed by atoms with Crippen LogP contribution in [0.25, 0.3) is 10.9 Å². The van der Waals surface area contributed by atoms with Gasteiger partial charge in [-0.3, -0.25) is 14.5 Å². The maximum Gasteiger partial charge on any atom is 0.268 e. The molecular weight excluding hydrogens is 388 g/mol. The molecule has 150 valence electrons. The summed E-state index contributed by atoms with van der Waals surface area (Å²) in [6, 6.07) is 15.8. The Balaban J connectivity index is 1.76. The van der Waals surface area contributed by atoms with E-state index in [0.717, 1.165) is 10.9 Å². The van der Waals surface area contributed by atoms with Crippen molar-refractivity contribution in [3.05, 3.63) is 65.9 Å². The van der Waals surface area contributed by atoms with Crippen LogP contribution in [0.3, 0.4) is 0 Å². The minimum atomic E-state index is -3.82. The number of hydrogen-bond acceptors (Lipinski definition) is 4. The lowest BCUT2D eigenvalue weighted by Gasteiger charge is -2.25. The van der Waals surface area contributed by atoms with E-state index in [2.05, 4.69) is 0 Å². The first-order valence-corrected chi connectivity index (χ1v) is 11.1. The number of piperidine rings is 1. The van der Waals surface area contributed by atoms with Gasteiger partial charge in [0.15, 0.2) is 0 Å². The van der Waals surface area contributed by atoms with Crippen LogP contribution in [-0.2, 0) is 26.0 Å².